The first-order chi connectivity index (χ1) is 10.3. The molecule has 10 heteroatoms. The molecule has 7 N–H and O–H groups in total. The monoisotopic (exact) mass is 336 g/mol. The summed E-state index contributed by atoms with van der Waals surface area (Å²) in [5, 5.41) is 47.2. The highest BCUT2D eigenvalue weighted by atomic mass is 35.5. The zero-order chi connectivity index (χ0) is 16.4. The van der Waals surface area contributed by atoms with Crippen LogP contribution >= 0.6 is 11.6 Å². The van der Waals surface area contributed by atoms with Crippen LogP contribution < -0.4 is 15.7 Å². The lowest BCUT2D eigenvalue weighted by Crippen LogP contribution is -2.99. The van der Waals surface area contributed by atoms with E-state index in [0.717, 1.165) is 0 Å². The Kier molecular flexibility index (Phi) is 5.55. The topological polar surface area (TPSA) is 153 Å². The largest absolute Gasteiger partial charge is 0.595 e. The predicted molar refractivity (Wildman–Crippen MR) is 73.6 cm³/mol. The molecule has 6 atom stereocenters. The third kappa shape index (κ3) is 3.49. The molecule has 6 unspecified atom stereocenters. The van der Waals surface area contributed by atoms with Crippen molar-refractivity contribution in [3.8, 4) is 5.75 Å². The zero-order valence-corrected chi connectivity index (χ0v) is 12.1. The van der Waals surface area contributed by atoms with Crippen LogP contribution in [-0.2, 0) is 4.74 Å². The molecule has 0 aromatic heterocycles. The highest BCUT2D eigenvalue weighted by Crippen LogP contribution is 2.30. The number of aliphatic hydroxyl groups is 3. The van der Waals surface area contributed by atoms with Gasteiger partial charge < -0.3 is 35.7 Å². The van der Waals surface area contributed by atoms with Gasteiger partial charge in [-0.3, -0.25) is 0 Å². The van der Waals surface area contributed by atoms with E-state index in [0.29, 0.717) is 0 Å². The van der Waals surface area contributed by atoms with Gasteiger partial charge in [-0.1, -0.05) is 11.6 Å². The van der Waals surface area contributed by atoms with Crippen LogP contribution in [0.25, 0.3) is 0 Å². The van der Waals surface area contributed by atoms with Gasteiger partial charge in [-0.2, -0.15) is 5.23 Å². The molecule has 1 fully saturated rings. The van der Waals surface area contributed by atoms with E-state index in [4.69, 9.17) is 37.1 Å². The zero-order valence-electron chi connectivity index (χ0n) is 11.3. The van der Waals surface area contributed by atoms with E-state index >= 15 is 0 Å². The Bertz CT molecular complexity index is 516. The van der Waals surface area contributed by atoms with Gasteiger partial charge in [0.1, 0.15) is 24.1 Å². The van der Waals surface area contributed by atoms with Gasteiger partial charge in [-0.25, -0.2) is 5.21 Å². The summed E-state index contributed by atoms with van der Waals surface area (Å²) in [6.07, 6.45) is -4.92. The summed E-state index contributed by atoms with van der Waals surface area (Å²) < 4.78 is 10.7. The SMILES string of the molecule is NC1C(Oc2ccc([NH+]([O-])O)cc2Cl)OC(CO)C(O)C1O. The molecule has 22 heavy (non-hydrogen) atoms. The van der Waals surface area contributed by atoms with Crippen molar-refractivity contribution in [2.24, 2.45) is 5.73 Å². The predicted octanol–water partition coefficient (Wildman–Crippen LogP) is -2.11. The molecule has 9 nitrogen and oxygen atoms in total. The number of nitrogens with one attached hydrogen (secondary N) is 1. The first-order valence-corrected chi connectivity index (χ1v) is 6.80. The van der Waals surface area contributed by atoms with Crippen LogP contribution in [0, 0.1) is 5.21 Å². The number of rotatable bonds is 4. The van der Waals surface area contributed by atoms with Gasteiger partial charge in [0.2, 0.25) is 6.29 Å². The fraction of sp³-hybridized carbons (Fsp3) is 0.500. The molecule has 1 aliphatic heterocycles. The maximum Gasteiger partial charge on any atom is 0.218 e. The lowest BCUT2D eigenvalue weighted by molar-refractivity contribution is -0.991. The van der Waals surface area contributed by atoms with Crippen LogP contribution in [0.1, 0.15) is 0 Å². The van der Waals surface area contributed by atoms with E-state index in [-0.39, 0.29) is 16.5 Å². The van der Waals surface area contributed by atoms with Crippen LogP contribution in [0.5, 0.6) is 5.75 Å². The highest BCUT2D eigenvalue weighted by molar-refractivity contribution is 6.32. The number of ether oxygens (including phenoxy) is 2. The standard InChI is InChI=1S/C12H17ClN2O7/c13-6-3-5(15(19)20)1-2-7(6)21-12-9(14)11(18)10(17)8(4-16)22-12/h1-3,8-12,15-19H,4,14H2. The van der Waals surface area contributed by atoms with Crippen molar-refractivity contribution >= 4 is 17.3 Å². The molecule has 0 saturated carbocycles. The summed E-state index contributed by atoms with van der Waals surface area (Å²) in [5.74, 6) is 0.104. The van der Waals surface area contributed by atoms with Crippen LogP contribution in [0.3, 0.4) is 0 Å². The maximum atomic E-state index is 10.8. The Labute approximate surface area is 130 Å². The second kappa shape index (κ2) is 7.04. The van der Waals surface area contributed by atoms with Crippen LogP contribution in [-0.4, -0.2) is 57.8 Å². The molecule has 0 aliphatic carbocycles. The average molecular weight is 337 g/mol. The van der Waals surface area contributed by atoms with Crippen LogP contribution in [0.4, 0.5) is 5.69 Å². The molecule has 1 aliphatic rings. The fourth-order valence-corrected chi connectivity index (χ4v) is 2.29. The van der Waals surface area contributed by atoms with Gasteiger partial charge in [0, 0.05) is 12.1 Å². The Balaban J connectivity index is 2.15. The number of quaternary nitrogens is 1. The number of hydrogen-bond donors (Lipinski definition) is 6. The first-order valence-electron chi connectivity index (χ1n) is 6.42. The number of benzene rings is 1. The quantitative estimate of drug-likeness (QED) is 0.341. The average Bonchev–Trinajstić information content (AvgIpc) is 2.49. The van der Waals surface area contributed by atoms with E-state index in [1.165, 1.54) is 18.2 Å². The van der Waals surface area contributed by atoms with Gasteiger partial charge in [0.15, 0.2) is 5.69 Å². The summed E-state index contributed by atoms with van der Waals surface area (Å²) in [7, 11) is 0. The molecular formula is C12H17ClN2O7. The minimum atomic E-state index is -1.35. The van der Waals surface area contributed by atoms with Crippen molar-refractivity contribution in [1.82, 2.24) is 0 Å². The van der Waals surface area contributed by atoms with Crippen molar-refractivity contribution in [2.75, 3.05) is 6.61 Å². The molecule has 124 valence electrons. The van der Waals surface area contributed by atoms with Crippen molar-refractivity contribution in [3.63, 3.8) is 0 Å². The van der Waals surface area contributed by atoms with Crippen LogP contribution in [0.15, 0.2) is 18.2 Å². The molecule has 0 radical (unpaired) electrons. The molecule has 0 amide bonds. The van der Waals surface area contributed by atoms with E-state index in [1.54, 1.807) is 0 Å². The Hall–Kier alpha value is -1.01. The Morgan fingerprint density at radius 3 is 2.59 bits per heavy atom. The highest BCUT2D eigenvalue weighted by Gasteiger charge is 2.43. The molecule has 1 aromatic rings. The molecule has 1 heterocycles. The van der Waals surface area contributed by atoms with E-state index < -0.39 is 42.5 Å². The smallest absolute Gasteiger partial charge is 0.218 e. The van der Waals surface area contributed by atoms with Crippen molar-refractivity contribution in [2.45, 2.75) is 30.6 Å². The lowest BCUT2D eigenvalue weighted by atomic mass is 9.98. The summed E-state index contributed by atoms with van der Waals surface area (Å²) in [6, 6.07) is 2.73. The minimum absolute atomic E-state index is 0.0186. The second-order valence-corrected chi connectivity index (χ2v) is 5.26. The number of hydrogen-bond acceptors (Lipinski definition) is 8. The van der Waals surface area contributed by atoms with Gasteiger partial charge in [-0.05, 0) is 6.07 Å². The molecule has 0 spiro atoms. The molecule has 0 bridgehead atoms. The Morgan fingerprint density at radius 1 is 1.36 bits per heavy atom. The summed E-state index contributed by atoms with van der Waals surface area (Å²) in [6.45, 7) is -0.531. The van der Waals surface area contributed by atoms with Crippen molar-refractivity contribution in [3.05, 3.63) is 28.4 Å². The minimum Gasteiger partial charge on any atom is -0.595 e. The molecular weight excluding hydrogens is 320 g/mol. The second-order valence-electron chi connectivity index (χ2n) is 4.85. The lowest BCUT2D eigenvalue weighted by Gasteiger charge is -2.40. The molecule has 1 saturated heterocycles. The molecule has 1 aromatic carbocycles. The number of nitrogens with two attached hydrogens (primary N) is 1. The number of halogens is 1. The first kappa shape index (κ1) is 17.3. The third-order valence-corrected chi connectivity index (χ3v) is 3.65. The third-order valence-electron chi connectivity index (χ3n) is 3.35. The summed E-state index contributed by atoms with van der Waals surface area (Å²) in [5.41, 5.74) is 5.71. The van der Waals surface area contributed by atoms with Gasteiger partial charge in [0.25, 0.3) is 0 Å². The van der Waals surface area contributed by atoms with E-state index in [9.17, 15) is 15.4 Å². The van der Waals surface area contributed by atoms with Gasteiger partial charge >= 0.3 is 0 Å². The summed E-state index contributed by atoms with van der Waals surface area (Å²) in [4.78, 5) is 0. The van der Waals surface area contributed by atoms with Gasteiger partial charge in [0.05, 0.1) is 17.7 Å². The molecule has 2 rings (SSSR count). The number of aliphatic hydroxyl groups excluding tert-OH is 3. The van der Waals surface area contributed by atoms with Crippen molar-refractivity contribution in [1.29, 1.82) is 0 Å². The fourth-order valence-electron chi connectivity index (χ4n) is 2.06. The normalized spacial score (nSPS) is 33.5. The van der Waals surface area contributed by atoms with Crippen molar-refractivity contribution < 1.29 is 35.2 Å². The van der Waals surface area contributed by atoms with Crippen LogP contribution in [0.2, 0.25) is 5.02 Å². The Morgan fingerprint density at radius 2 is 2.05 bits per heavy atom. The van der Waals surface area contributed by atoms with Gasteiger partial charge in [-0.15, -0.1) is 0 Å². The summed E-state index contributed by atoms with van der Waals surface area (Å²) >= 11 is 5.93. The van der Waals surface area contributed by atoms with E-state index in [2.05, 4.69) is 0 Å². The van der Waals surface area contributed by atoms with E-state index in [1.807, 2.05) is 0 Å². The maximum absolute atomic E-state index is 10.8.